The van der Waals surface area contributed by atoms with Crippen molar-refractivity contribution in [1.29, 1.82) is 0 Å². The molecule has 0 radical (unpaired) electrons. The van der Waals surface area contributed by atoms with E-state index in [9.17, 15) is 18.0 Å². The molecule has 1 aliphatic carbocycles. The summed E-state index contributed by atoms with van der Waals surface area (Å²) in [5, 5.41) is 3.75. The molecule has 1 N–H and O–H groups in total. The van der Waals surface area contributed by atoms with Gasteiger partial charge in [-0.2, -0.15) is 0 Å². The fourth-order valence-electron chi connectivity index (χ4n) is 6.39. The number of anilines is 1. The van der Waals surface area contributed by atoms with Crippen molar-refractivity contribution in [3.63, 3.8) is 0 Å². The van der Waals surface area contributed by atoms with Crippen molar-refractivity contribution in [2.75, 3.05) is 31.7 Å². The predicted molar refractivity (Wildman–Crippen MR) is 203 cm³/mol. The molecule has 5 rings (SSSR count). The van der Waals surface area contributed by atoms with Gasteiger partial charge in [0.15, 0.2) is 11.5 Å². The highest BCUT2D eigenvalue weighted by atomic mass is 35.5. The minimum Gasteiger partial charge on any atom is -0.494 e. The van der Waals surface area contributed by atoms with Gasteiger partial charge < -0.3 is 24.4 Å². The number of hydrogen-bond acceptors (Lipinski definition) is 7. The van der Waals surface area contributed by atoms with Crippen molar-refractivity contribution >= 4 is 39.1 Å². The number of rotatable bonds is 16. The first-order valence-electron chi connectivity index (χ1n) is 17.5. The number of ether oxygens (including phenoxy) is 3. The third-order valence-electron chi connectivity index (χ3n) is 9.15. The monoisotopic (exact) mass is 747 g/mol. The van der Waals surface area contributed by atoms with Gasteiger partial charge in [-0.25, -0.2) is 8.42 Å². The van der Waals surface area contributed by atoms with Crippen molar-refractivity contribution in [3.05, 3.63) is 113 Å². The topological polar surface area (TPSA) is 114 Å². The van der Waals surface area contributed by atoms with Crippen LogP contribution in [0.15, 0.2) is 102 Å². The molecule has 0 saturated heterocycles. The average Bonchev–Trinajstić information content (AvgIpc) is 3.16. The van der Waals surface area contributed by atoms with Crippen LogP contribution in [0.3, 0.4) is 0 Å². The van der Waals surface area contributed by atoms with Crippen molar-refractivity contribution in [3.8, 4) is 17.2 Å². The van der Waals surface area contributed by atoms with E-state index in [-0.39, 0.29) is 41.2 Å². The first kappa shape index (κ1) is 38.5. The summed E-state index contributed by atoms with van der Waals surface area (Å²) in [7, 11) is -1.50. The zero-order valence-corrected chi connectivity index (χ0v) is 31.4. The summed E-state index contributed by atoms with van der Waals surface area (Å²) in [6, 6.07) is 26.4. The Morgan fingerprint density at radius 2 is 1.52 bits per heavy atom. The van der Waals surface area contributed by atoms with Crippen LogP contribution in [0.25, 0.3) is 0 Å². The van der Waals surface area contributed by atoms with E-state index in [4.69, 9.17) is 25.8 Å². The molecule has 0 bridgehead atoms. The summed E-state index contributed by atoms with van der Waals surface area (Å²) in [6.07, 6.45) is 5.12. The zero-order chi connectivity index (χ0) is 37.1. The van der Waals surface area contributed by atoms with Gasteiger partial charge >= 0.3 is 0 Å². The first-order chi connectivity index (χ1) is 25.1. The molecule has 52 heavy (non-hydrogen) atoms. The maximum absolute atomic E-state index is 14.8. The number of hydrogen-bond donors (Lipinski definition) is 1. The third-order valence-corrected chi connectivity index (χ3v) is 11.2. The van der Waals surface area contributed by atoms with E-state index in [0.29, 0.717) is 23.1 Å². The molecule has 0 aliphatic heterocycles. The molecule has 4 aromatic carbocycles. The Kier molecular flexibility index (Phi) is 13.4. The Balaban J connectivity index is 1.58. The van der Waals surface area contributed by atoms with E-state index in [2.05, 4.69) is 5.32 Å². The van der Waals surface area contributed by atoms with E-state index in [1.165, 1.54) is 37.3 Å². The van der Waals surface area contributed by atoms with Crippen molar-refractivity contribution < 1.29 is 32.2 Å². The smallest absolute Gasteiger partial charge is 0.264 e. The molecule has 4 aromatic rings. The second kappa shape index (κ2) is 18.1. The fraction of sp³-hybridized carbons (Fsp3) is 0.350. The van der Waals surface area contributed by atoms with Gasteiger partial charge in [-0.3, -0.25) is 13.9 Å². The highest BCUT2D eigenvalue weighted by molar-refractivity contribution is 7.92. The number of amides is 2. The van der Waals surface area contributed by atoms with Crippen LogP contribution in [-0.4, -0.2) is 64.6 Å². The largest absolute Gasteiger partial charge is 0.494 e. The lowest BCUT2D eigenvalue weighted by Crippen LogP contribution is -2.55. The number of carbonyl (C=O) groups is 2. The van der Waals surface area contributed by atoms with Gasteiger partial charge in [0.2, 0.25) is 11.8 Å². The quantitative estimate of drug-likeness (QED) is 0.131. The van der Waals surface area contributed by atoms with Crippen LogP contribution in [0.1, 0.15) is 50.2 Å². The SMILES string of the molecule is CCOc1ccc(N(CC(=O)N(Cc2ccc(Cl)cc2)C(Cc2ccccc2)C(=O)NC2CCCCC2)S(=O)(=O)c2ccc(OC)c(OC)c2)cc1. The van der Waals surface area contributed by atoms with Gasteiger partial charge in [-0.05, 0) is 79.4 Å². The highest BCUT2D eigenvalue weighted by Gasteiger charge is 2.36. The van der Waals surface area contributed by atoms with Crippen molar-refractivity contribution in [2.45, 2.75) is 69.0 Å². The molecule has 1 aliphatic rings. The molecule has 1 saturated carbocycles. The summed E-state index contributed by atoms with van der Waals surface area (Å²) in [5.74, 6) is 0.272. The van der Waals surface area contributed by atoms with Crippen LogP contribution in [-0.2, 0) is 32.6 Å². The number of sulfonamides is 1. The highest BCUT2D eigenvalue weighted by Crippen LogP contribution is 2.33. The number of halogens is 1. The van der Waals surface area contributed by atoms with Crippen LogP contribution in [0.2, 0.25) is 5.02 Å². The van der Waals surface area contributed by atoms with Crippen LogP contribution < -0.4 is 23.8 Å². The maximum Gasteiger partial charge on any atom is 0.264 e. The first-order valence-corrected chi connectivity index (χ1v) is 19.3. The molecular weight excluding hydrogens is 702 g/mol. The minimum atomic E-state index is -4.38. The van der Waals surface area contributed by atoms with Gasteiger partial charge in [-0.15, -0.1) is 0 Å². The molecule has 0 aromatic heterocycles. The second-order valence-corrected chi connectivity index (χ2v) is 15.0. The Morgan fingerprint density at radius 1 is 0.846 bits per heavy atom. The Labute approximate surface area is 311 Å². The van der Waals surface area contributed by atoms with E-state index in [0.717, 1.165) is 47.5 Å². The molecule has 1 unspecified atom stereocenters. The van der Waals surface area contributed by atoms with Crippen molar-refractivity contribution in [2.24, 2.45) is 0 Å². The molecule has 0 spiro atoms. The molecule has 0 heterocycles. The van der Waals surface area contributed by atoms with Crippen LogP contribution in [0, 0.1) is 0 Å². The van der Waals surface area contributed by atoms with Gasteiger partial charge in [0.1, 0.15) is 18.3 Å². The molecular formula is C40H46ClN3O7S. The van der Waals surface area contributed by atoms with Gasteiger partial charge in [-0.1, -0.05) is 73.3 Å². The maximum atomic E-state index is 14.8. The lowest BCUT2D eigenvalue weighted by Gasteiger charge is -2.35. The lowest BCUT2D eigenvalue weighted by atomic mass is 9.94. The third kappa shape index (κ3) is 9.77. The summed E-state index contributed by atoms with van der Waals surface area (Å²) < 4.78 is 46.5. The lowest BCUT2D eigenvalue weighted by molar-refractivity contribution is -0.140. The van der Waals surface area contributed by atoms with E-state index >= 15 is 0 Å². The summed E-state index contributed by atoms with van der Waals surface area (Å²) in [6.45, 7) is 1.72. The second-order valence-electron chi connectivity index (χ2n) is 12.7. The Bertz CT molecular complexity index is 1880. The Hall–Kier alpha value is -4.74. The zero-order valence-electron chi connectivity index (χ0n) is 29.8. The minimum absolute atomic E-state index is 0.00205. The molecule has 276 valence electrons. The molecule has 1 fully saturated rings. The van der Waals surface area contributed by atoms with Crippen LogP contribution in [0.4, 0.5) is 5.69 Å². The molecule has 12 heteroatoms. The number of methoxy groups -OCH3 is 2. The molecule has 10 nitrogen and oxygen atoms in total. The predicted octanol–water partition coefficient (Wildman–Crippen LogP) is 7.04. The number of nitrogens with zero attached hydrogens (tertiary/aromatic N) is 2. The number of nitrogens with one attached hydrogen (secondary N) is 1. The summed E-state index contributed by atoms with van der Waals surface area (Å²) in [5.41, 5.74) is 1.84. The van der Waals surface area contributed by atoms with Crippen molar-refractivity contribution in [1.82, 2.24) is 10.2 Å². The number of benzene rings is 4. The summed E-state index contributed by atoms with van der Waals surface area (Å²) in [4.78, 5) is 30.5. The van der Waals surface area contributed by atoms with Gasteiger partial charge in [0.25, 0.3) is 10.0 Å². The van der Waals surface area contributed by atoms with Gasteiger partial charge in [0.05, 0.1) is 31.4 Å². The van der Waals surface area contributed by atoms with E-state index in [1.54, 1.807) is 48.5 Å². The molecule has 1 atom stereocenters. The normalized spacial score (nSPS) is 13.8. The standard InChI is InChI=1S/C40H46ClN3O7S/c1-4-51-34-21-19-33(20-22-34)44(52(47,48)35-23-24-37(49-2)38(26-35)50-3)28-39(45)43(27-30-15-17-31(41)18-16-30)36(25-29-11-7-5-8-12-29)40(46)42-32-13-9-6-10-14-32/h5,7-8,11-12,15-24,26,32,36H,4,6,9-10,13-14,25,27-28H2,1-3H3,(H,42,46). The number of carbonyl (C=O) groups excluding carboxylic acids is 2. The summed E-state index contributed by atoms with van der Waals surface area (Å²) >= 11 is 6.21. The average molecular weight is 748 g/mol. The van der Waals surface area contributed by atoms with E-state index < -0.39 is 28.5 Å². The van der Waals surface area contributed by atoms with Crippen LogP contribution >= 0.6 is 11.6 Å². The fourth-order valence-corrected chi connectivity index (χ4v) is 7.95. The van der Waals surface area contributed by atoms with E-state index in [1.807, 2.05) is 37.3 Å². The Morgan fingerprint density at radius 3 is 2.15 bits per heavy atom. The van der Waals surface area contributed by atoms with Crippen LogP contribution in [0.5, 0.6) is 17.2 Å². The molecule has 2 amide bonds. The van der Waals surface area contributed by atoms with Gasteiger partial charge in [0, 0.05) is 30.1 Å².